The van der Waals surface area contributed by atoms with Crippen molar-refractivity contribution in [2.45, 2.75) is 6.42 Å². The van der Waals surface area contributed by atoms with Gasteiger partial charge in [-0.05, 0) is 23.8 Å². The number of ether oxygens (including phenoxy) is 1. The van der Waals surface area contributed by atoms with Crippen LogP contribution in [0.2, 0.25) is 0 Å². The molecule has 80 valence electrons. The average Bonchev–Trinajstić information content (AvgIpc) is 2.28. The van der Waals surface area contributed by atoms with Gasteiger partial charge in [0.2, 0.25) is 0 Å². The Labute approximate surface area is 89.0 Å². The van der Waals surface area contributed by atoms with Crippen LogP contribution in [0.1, 0.15) is 12.0 Å². The van der Waals surface area contributed by atoms with Gasteiger partial charge in [-0.1, -0.05) is 18.2 Å². The largest absolute Gasteiger partial charge is 0.494 e. The Morgan fingerprint density at radius 3 is 2.60 bits per heavy atom. The fourth-order valence-corrected chi connectivity index (χ4v) is 1.08. The van der Waals surface area contributed by atoms with Gasteiger partial charge in [0.1, 0.15) is 12.0 Å². The van der Waals surface area contributed by atoms with Crippen molar-refractivity contribution in [2.75, 3.05) is 13.2 Å². The van der Waals surface area contributed by atoms with Crippen LogP contribution in [0.4, 0.5) is 0 Å². The van der Waals surface area contributed by atoms with Crippen molar-refractivity contribution in [3.05, 3.63) is 35.9 Å². The maximum atomic E-state index is 10.1. The lowest BCUT2D eigenvalue weighted by atomic mass is 10.2. The van der Waals surface area contributed by atoms with E-state index in [-0.39, 0.29) is 6.61 Å². The van der Waals surface area contributed by atoms with Gasteiger partial charge in [0.15, 0.2) is 0 Å². The molecule has 0 aliphatic rings. The molecule has 0 bridgehead atoms. The van der Waals surface area contributed by atoms with E-state index in [1.165, 1.54) is 6.08 Å². The van der Waals surface area contributed by atoms with E-state index < -0.39 is 0 Å². The predicted octanol–water partition coefficient (Wildman–Crippen LogP) is 1.66. The highest BCUT2D eigenvalue weighted by atomic mass is 16.5. The summed E-state index contributed by atoms with van der Waals surface area (Å²) < 4.78 is 5.35. The SMILES string of the molecule is O=CC=Cc1ccc(OCCCO)cc1. The van der Waals surface area contributed by atoms with E-state index in [9.17, 15) is 4.79 Å². The molecule has 0 aliphatic heterocycles. The van der Waals surface area contributed by atoms with Crippen LogP contribution in [0.5, 0.6) is 5.75 Å². The first kappa shape index (κ1) is 11.5. The monoisotopic (exact) mass is 206 g/mol. The van der Waals surface area contributed by atoms with Gasteiger partial charge in [-0.25, -0.2) is 0 Å². The van der Waals surface area contributed by atoms with Gasteiger partial charge in [-0.3, -0.25) is 4.79 Å². The second kappa shape index (κ2) is 6.79. The summed E-state index contributed by atoms with van der Waals surface area (Å²) in [4.78, 5) is 10.1. The molecule has 0 aliphatic carbocycles. The van der Waals surface area contributed by atoms with E-state index in [1.807, 2.05) is 24.3 Å². The zero-order valence-electron chi connectivity index (χ0n) is 8.43. The first-order valence-electron chi connectivity index (χ1n) is 4.82. The van der Waals surface area contributed by atoms with Gasteiger partial charge in [0, 0.05) is 13.0 Å². The van der Waals surface area contributed by atoms with Crippen LogP contribution in [0.3, 0.4) is 0 Å². The van der Waals surface area contributed by atoms with Crippen LogP contribution in [-0.2, 0) is 4.79 Å². The zero-order chi connectivity index (χ0) is 10.9. The van der Waals surface area contributed by atoms with Crippen molar-refractivity contribution in [1.82, 2.24) is 0 Å². The number of carbonyl (C=O) groups is 1. The molecule has 0 spiro atoms. The number of aliphatic hydroxyl groups excluding tert-OH is 1. The minimum absolute atomic E-state index is 0.139. The molecule has 0 saturated carbocycles. The van der Waals surface area contributed by atoms with E-state index >= 15 is 0 Å². The number of rotatable bonds is 6. The van der Waals surface area contributed by atoms with Crippen LogP contribution in [0.25, 0.3) is 6.08 Å². The molecular formula is C12H14O3. The molecule has 0 heterocycles. The minimum Gasteiger partial charge on any atom is -0.494 e. The number of aldehydes is 1. The summed E-state index contributed by atoms with van der Waals surface area (Å²) in [5.74, 6) is 0.770. The van der Waals surface area contributed by atoms with E-state index in [1.54, 1.807) is 6.08 Å². The molecule has 15 heavy (non-hydrogen) atoms. The maximum Gasteiger partial charge on any atom is 0.142 e. The zero-order valence-corrected chi connectivity index (χ0v) is 8.43. The quantitative estimate of drug-likeness (QED) is 0.437. The number of allylic oxidation sites excluding steroid dienone is 1. The molecule has 3 nitrogen and oxygen atoms in total. The molecule has 0 aromatic heterocycles. The molecule has 0 fully saturated rings. The van der Waals surface area contributed by atoms with Gasteiger partial charge in [0.25, 0.3) is 0 Å². The number of carbonyl (C=O) groups excluding carboxylic acids is 1. The number of hydrogen-bond donors (Lipinski definition) is 1. The van der Waals surface area contributed by atoms with Crippen molar-refractivity contribution >= 4 is 12.4 Å². The van der Waals surface area contributed by atoms with Gasteiger partial charge in [0.05, 0.1) is 6.61 Å². The summed E-state index contributed by atoms with van der Waals surface area (Å²) in [6.07, 6.45) is 4.55. The fraction of sp³-hybridized carbons (Fsp3) is 0.250. The smallest absolute Gasteiger partial charge is 0.142 e. The molecule has 1 aromatic carbocycles. The minimum atomic E-state index is 0.139. The Balaban J connectivity index is 2.48. The highest BCUT2D eigenvalue weighted by Crippen LogP contribution is 2.13. The average molecular weight is 206 g/mol. The first-order chi connectivity index (χ1) is 7.36. The highest BCUT2D eigenvalue weighted by molar-refractivity contribution is 5.73. The second-order valence-electron chi connectivity index (χ2n) is 2.99. The van der Waals surface area contributed by atoms with Crippen LogP contribution >= 0.6 is 0 Å². The van der Waals surface area contributed by atoms with Crippen molar-refractivity contribution in [3.63, 3.8) is 0 Å². The summed E-state index contributed by atoms with van der Waals surface area (Å²) >= 11 is 0. The summed E-state index contributed by atoms with van der Waals surface area (Å²) in [5.41, 5.74) is 0.955. The lowest BCUT2D eigenvalue weighted by molar-refractivity contribution is -0.104. The molecule has 0 atom stereocenters. The molecule has 0 saturated heterocycles. The Bertz CT molecular complexity index is 314. The molecule has 3 heteroatoms. The Morgan fingerprint density at radius 1 is 1.27 bits per heavy atom. The van der Waals surface area contributed by atoms with Crippen molar-refractivity contribution < 1.29 is 14.6 Å². The Kier molecular flexibility index (Phi) is 5.19. The summed E-state index contributed by atoms with van der Waals surface area (Å²) in [6.45, 7) is 0.653. The van der Waals surface area contributed by atoms with Gasteiger partial charge >= 0.3 is 0 Å². The normalized spacial score (nSPS) is 10.5. The van der Waals surface area contributed by atoms with E-state index in [0.717, 1.165) is 17.6 Å². The molecule has 1 N–H and O–H groups in total. The molecule has 0 radical (unpaired) electrons. The van der Waals surface area contributed by atoms with Gasteiger partial charge < -0.3 is 9.84 Å². The van der Waals surface area contributed by atoms with Gasteiger partial charge in [-0.15, -0.1) is 0 Å². The topological polar surface area (TPSA) is 46.5 Å². The summed E-state index contributed by atoms with van der Waals surface area (Å²) in [7, 11) is 0. The first-order valence-corrected chi connectivity index (χ1v) is 4.82. The Morgan fingerprint density at radius 2 is 2.00 bits per heavy atom. The van der Waals surface area contributed by atoms with Crippen LogP contribution in [0.15, 0.2) is 30.3 Å². The van der Waals surface area contributed by atoms with Crippen LogP contribution < -0.4 is 4.74 Å². The lowest BCUT2D eigenvalue weighted by Gasteiger charge is -2.04. The van der Waals surface area contributed by atoms with Crippen LogP contribution in [0, 0.1) is 0 Å². The van der Waals surface area contributed by atoms with E-state index in [0.29, 0.717) is 13.0 Å². The standard InChI is InChI=1S/C12H14O3/c13-8-1-3-11-4-6-12(7-5-11)15-10-2-9-14/h1,3-8,14H,2,9-10H2. The molecule has 0 unspecified atom stereocenters. The van der Waals surface area contributed by atoms with Crippen molar-refractivity contribution in [1.29, 1.82) is 0 Å². The third-order valence-electron chi connectivity index (χ3n) is 1.82. The van der Waals surface area contributed by atoms with E-state index in [2.05, 4.69) is 0 Å². The molecule has 0 amide bonds. The van der Waals surface area contributed by atoms with Crippen molar-refractivity contribution in [3.8, 4) is 5.75 Å². The molecular weight excluding hydrogens is 192 g/mol. The maximum absolute atomic E-state index is 10.1. The summed E-state index contributed by atoms with van der Waals surface area (Å²) in [6, 6.07) is 7.41. The number of hydrogen-bond acceptors (Lipinski definition) is 3. The van der Waals surface area contributed by atoms with Crippen LogP contribution in [-0.4, -0.2) is 24.6 Å². The molecule has 1 aromatic rings. The van der Waals surface area contributed by atoms with Gasteiger partial charge in [-0.2, -0.15) is 0 Å². The second-order valence-corrected chi connectivity index (χ2v) is 2.99. The number of aliphatic hydroxyl groups is 1. The third-order valence-corrected chi connectivity index (χ3v) is 1.82. The Hall–Kier alpha value is -1.61. The predicted molar refractivity (Wildman–Crippen MR) is 58.7 cm³/mol. The van der Waals surface area contributed by atoms with E-state index in [4.69, 9.17) is 9.84 Å². The molecule has 1 rings (SSSR count). The fourth-order valence-electron chi connectivity index (χ4n) is 1.08. The summed E-state index contributed by atoms with van der Waals surface area (Å²) in [5, 5.41) is 8.56. The third kappa shape index (κ3) is 4.42. The number of benzene rings is 1. The highest BCUT2D eigenvalue weighted by Gasteiger charge is 1.92. The lowest BCUT2D eigenvalue weighted by Crippen LogP contribution is -1.99. The van der Waals surface area contributed by atoms with Crippen molar-refractivity contribution in [2.24, 2.45) is 0 Å².